The number of amides is 1. The zero-order valence-electron chi connectivity index (χ0n) is 9.13. The first-order valence-corrected chi connectivity index (χ1v) is 5.96. The van der Waals surface area contributed by atoms with Crippen molar-refractivity contribution < 1.29 is 9.32 Å². The van der Waals surface area contributed by atoms with E-state index in [1.54, 1.807) is 0 Å². The van der Waals surface area contributed by atoms with E-state index in [-0.39, 0.29) is 11.9 Å². The average Bonchev–Trinajstić information content (AvgIpc) is 2.46. The van der Waals surface area contributed by atoms with Crippen LogP contribution in [0.25, 0.3) is 0 Å². The predicted octanol–water partition coefficient (Wildman–Crippen LogP) is 2.25. The lowest BCUT2D eigenvalue weighted by atomic mass is 10.1. The Morgan fingerprint density at radius 1 is 1.60 bits per heavy atom. The quantitative estimate of drug-likeness (QED) is 0.857. The van der Waals surface area contributed by atoms with Crippen LogP contribution in [0.2, 0.25) is 0 Å². The molecule has 15 heavy (non-hydrogen) atoms. The second-order valence-electron chi connectivity index (χ2n) is 3.47. The van der Waals surface area contributed by atoms with E-state index >= 15 is 0 Å². The number of aromatic nitrogens is 1. The van der Waals surface area contributed by atoms with Crippen LogP contribution in [0.3, 0.4) is 0 Å². The lowest BCUT2D eigenvalue weighted by molar-refractivity contribution is -0.121. The maximum Gasteiger partial charge on any atom is 0.221 e. The summed E-state index contributed by atoms with van der Waals surface area (Å²) in [5, 5.41) is 7.42. The van der Waals surface area contributed by atoms with Crippen molar-refractivity contribution in [3.63, 3.8) is 0 Å². The van der Waals surface area contributed by atoms with Crippen LogP contribution in [-0.2, 0) is 4.79 Å². The fraction of sp³-hybridized carbons (Fsp3) is 0.600. The van der Waals surface area contributed by atoms with Gasteiger partial charge in [-0.2, -0.15) is 0 Å². The number of carbonyl (C=O) groups excluding carboxylic acids is 1. The molecular weight excluding hydrogens is 260 g/mol. The predicted molar refractivity (Wildman–Crippen MR) is 60.9 cm³/mol. The first-order chi connectivity index (χ1) is 7.06. The minimum Gasteiger partial charge on any atom is -0.361 e. The van der Waals surface area contributed by atoms with Crippen LogP contribution in [0.5, 0.6) is 0 Å². The summed E-state index contributed by atoms with van der Waals surface area (Å²) in [6, 6.07) is -0.0530. The molecule has 1 heterocycles. The Hall–Kier alpha value is -0.840. The number of hydrogen-bond donors (Lipinski definition) is 1. The van der Waals surface area contributed by atoms with E-state index in [9.17, 15) is 4.79 Å². The second-order valence-corrected chi connectivity index (χ2v) is 4.26. The Labute approximate surface area is 97.5 Å². The standard InChI is InChI=1S/C10H15BrN2O2/c1-6(12-9(14)4-5-11)10-7(2)13-15-8(10)3/h6H,4-5H2,1-3H3,(H,12,14). The van der Waals surface area contributed by atoms with Gasteiger partial charge in [-0.25, -0.2) is 0 Å². The third kappa shape index (κ3) is 3.06. The minimum absolute atomic E-state index is 0.0272. The van der Waals surface area contributed by atoms with Gasteiger partial charge in [-0.3, -0.25) is 4.79 Å². The summed E-state index contributed by atoms with van der Waals surface area (Å²) in [7, 11) is 0. The van der Waals surface area contributed by atoms with Gasteiger partial charge in [0.05, 0.1) is 11.7 Å². The molecule has 0 bridgehead atoms. The maximum atomic E-state index is 11.4. The van der Waals surface area contributed by atoms with E-state index in [0.29, 0.717) is 11.8 Å². The fourth-order valence-corrected chi connectivity index (χ4v) is 1.94. The zero-order chi connectivity index (χ0) is 11.4. The van der Waals surface area contributed by atoms with Gasteiger partial charge in [-0.15, -0.1) is 0 Å². The van der Waals surface area contributed by atoms with E-state index in [1.807, 2.05) is 20.8 Å². The Morgan fingerprint density at radius 2 is 2.27 bits per heavy atom. The molecule has 0 aromatic carbocycles. The number of nitrogens with zero attached hydrogens (tertiary/aromatic N) is 1. The lowest BCUT2D eigenvalue weighted by Crippen LogP contribution is -2.27. The molecule has 0 fully saturated rings. The SMILES string of the molecule is Cc1noc(C)c1C(C)NC(=O)CCBr. The summed E-state index contributed by atoms with van der Waals surface area (Å²) in [6.07, 6.45) is 0.480. The Bertz CT molecular complexity index is 330. The molecule has 0 saturated heterocycles. The molecule has 1 N–H and O–H groups in total. The van der Waals surface area contributed by atoms with Gasteiger partial charge < -0.3 is 9.84 Å². The number of aryl methyl sites for hydroxylation is 2. The Morgan fingerprint density at radius 3 is 2.73 bits per heavy atom. The number of hydrogen-bond acceptors (Lipinski definition) is 3. The van der Waals surface area contributed by atoms with Crippen molar-refractivity contribution in [1.29, 1.82) is 0 Å². The van der Waals surface area contributed by atoms with Gasteiger partial charge in [0.15, 0.2) is 0 Å². The molecule has 1 rings (SSSR count). The summed E-state index contributed by atoms with van der Waals surface area (Å²) in [4.78, 5) is 11.4. The lowest BCUT2D eigenvalue weighted by Gasteiger charge is -2.12. The minimum atomic E-state index is -0.0530. The van der Waals surface area contributed by atoms with Crippen LogP contribution < -0.4 is 5.32 Å². The highest BCUT2D eigenvalue weighted by Gasteiger charge is 2.17. The molecule has 0 aliphatic heterocycles. The summed E-state index contributed by atoms with van der Waals surface area (Å²) in [5.74, 6) is 0.790. The third-order valence-corrected chi connectivity index (χ3v) is 2.62. The number of nitrogens with one attached hydrogen (secondary N) is 1. The molecule has 0 radical (unpaired) electrons. The van der Waals surface area contributed by atoms with Crippen LogP contribution in [0.15, 0.2) is 4.52 Å². The number of rotatable bonds is 4. The largest absolute Gasteiger partial charge is 0.361 e. The monoisotopic (exact) mass is 274 g/mol. The zero-order valence-corrected chi connectivity index (χ0v) is 10.7. The molecule has 1 aromatic rings. The Kier molecular flexibility index (Phi) is 4.32. The molecular formula is C10H15BrN2O2. The topological polar surface area (TPSA) is 55.1 Å². The van der Waals surface area contributed by atoms with Crippen LogP contribution in [0.1, 0.15) is 36.4 Å². The molecule has 0 saturated carbocycles. The summed E-state index contributed by atoms with van der Waals surface area (Å²) < 4.78 is 5.05. The van der Waals surface area contributed by atoms with Gasteiger partial charge in [0.25, 0.3) is 0 Å². The highest BCUT2D eigenvalue weighted by atomic mass is 79.9. The summed E-state index contributed by atoms with van der Waals surface area (Å²) in [5.41, 5.74) is 1.80. The van der Waals surface area contributed by atoms with E-state index in [0.717, 1.165) is 17.0 Å². The van der Waals surface area contributed by atoms with Crippen LogP contribution >= 0.6 is 15.9 Å². The van der Waals surface area contributed by atoms with Crippen molar-refractivity contribution in [1.82, 2.24) is 10.5 Å². The fourth-order valence-electron chi connectivity index (χ4n) is 1.58. The average molecular weight is 275 g/mol. The van der Waals surface area contributed by atoms with E-state index in [1.165, 1.54) is 0 Å². The first-order valence-electron chi connectivity index (χ1n) is 4.84. The van der Waals surface area contributed by atoms with Gasteiger partial charge in [0.2, 0.25) is 5.91 Å². The molecule has 0 aliphatic carbocycles. The summed E-state index contributed by atoms with van der Waals surface area (Å²) >= 11 is 3.23. The van der Waals surface area contributed by atoms with E-state index in [4.69, 9.17) is 4.52 Å². The molecule has 1 amide bonds. The number of carbonyl (C=O) groups is 1. The number of halogens is 1. The van der Waals surface area contributed by atoms with Crippen LogP contribution in [0.4, 0.5) is 0 Å². The molecule has 1 aromatic heterocycles. The van der Waals surface area contributed by atoms with Gasteiger partial charge in [0, 0.05) is 17.3 Å². The molecule has 5 heteroatoms. The van der Waals surface area contributed by atoms with Crippen molar-refractivity contribution in [2.75, 3.05) is 5.33 Å². The molecule has 1 unspecified atom stereocenters. The van der Waals surface area contributed by atoms with Crippen molar-refractivity contribution in [3.05, 3.63) is 17.0 Å². The number of alkyl halides is 1. The van der Waals surface area contributed by atoms with Gasteiger partial charge in [-0.05, 0) is 20.8 Å². The molecule has 4 nitrogen and oxygen atoms in total. The summed E-state index contributed by atoms with van der Waals surface area (Å²) in [6.45, 7) is 5.65. The van der Waals surface area contributed by atoms with Crippen molar-refractivity contribution in [2.24, 2.45) is 0 Å². The van der Waals surface area contributed by atoms with Crippen LogP contribution in [-0.4, -0.2) is 16.4 Å². The van der Waals surface area contributed by atoms with E-state index < -0.39 is 0 Å². The van der Waals surface area contributed by atoms with E-state index in [2.05, 4.69) is 26.4 Å². The first kappa shape index (κ1) is 12.2. The normalized spacial score (nSPS) is 12.5. The highest BCUT2D eigenvalue weighted by Crippen LogP contribution is 2.20. The molecule has 0 spiro atoms. The van der Waals surface area contributed by atoms with Gasteiger partial charge in [-0.1, -0.05) is 21.1 Å². The van der Waals surface area contributed by atoms with Gasteiger partial charge in [0.1, 0.15) is 5.76 Å². The molecule has 84 valence electrons. The maximum absolute atomic E-state index is 11.4. The van der Waals surface area contributed by atoms with Crippen molar-refractivity contribution in [2.45, 2.75) is 33.2 Å². The highest BCUT2D eigenvalue weighted by molar-refractivity contribution is 9.09. The van der Waals surface area contributed by atoms with Gasteiger partial charge >= 0.3 is 0 Å². The Balaban J connectivity index is 2.68. The van der Waals surface area contributed by atoms with Crippen LogP contribution in [0, 0.1) is 13.8 Å². The second kappa shape index (κ2) is 5.30. The van der Waals surface area contributed by atoms with Crippen molar-refractivity contribution >= 4 is 21.8 Å². The molecule has 1 atom stereocenters. The van der Waals surface area contributed by atoms with Crippen molar-refractivity contribution in [3.8, 4) is 0 Å². The third-order valence-electron chi connectivity index (χ3n) is 2.22. The smallest absolute Gasteiger partial charge is 0.221 e. The molecule has 0 aliphatic rings.